The molecular weight excluding hydrogens is 467 g/mol. The molecule has 2 atom stereocenters. The van der Waals surface area contributed by atoms with Crippen molar-refractivity contribution < 1.29 is 9.18 Å². The van der Waals surface area contributed by atoms with Crippen LogP contribution in [0.15, 0.2) is 60.9 Å². The van der Waals surface area contributed by atoms with Crippen LogP contribution in [0.3, 0.4) is 0 Å². The Morgan fingerprint density at radius 1 is 1.14 bits per heavy atom. The Hall–Kier alpha value is -3.78. The molecule has 1 amide bonds. The molecule has 7 nitrogen and oxygen atoms in total. The smallest absolute Gasteiger partial charge is 0.253 e. The number of aryl methyl sites for hydroxylation is 1. The number of amides is 1. The van der Waals surface area contributed by atoms with Crippen LogP contribution in [0.25, 0.3) is 22.2 Å². The Morgan fingerprint density at radius 3 is 2.57 bits per heavy atom. The van der Waals surface area contributed by atoms with Gasteiger partial charge in [-0.3, -0.25) is 9.69 Å². The lowest BCUT2D eigenvalue weighted by Gasteiger charge is -2.35. The quantitative estimate of drug-likeness (QED) is 0.416. The second kappa shape index (κ2) is 10.3. The number of nitrogens with zero attached hydrogens (tertiary/aromatic N) is 5. The van der Waals surface area contributed by atoms with Crippen LogP contribution in [-0.4, -0.2) is 70.6 Å². The van der Waals surface area contributed by atoms with Gasteiger partial charge in [-0.2, -0.15) is 0 Å². The molecule has 0 saturated carbocycles. The van der Waals surface area contributed by atoms with Gasteiger partial charge in [0.15, 0.2) is 0 Å². The summed E-state index contributed by atoms with van der Waals surface area (Å²) in [6.07, 6.45) is 3.46. The van der Waals surface area contributed by atoms with Crippen LogP contribution < -0.4 is 5.32 Å². The number of fused-ring (bicyclic) bond motifs is 1. The molecule has 5 rings (SSSR count). The molecule has 4 aromatic rings. The average molecular weight is 501 g/mol. The van der Waals surface area contributed by atoms with Gasteiger partial charge in [0, 0.05) is 81.8 Å². The molecule has 0 bridgehead atoms. The first-order valence-electron chi connectivity index (χ1n) is 12.6. The van der Waals surface area contributed by atoms with Gasteiger partial charge in [-0.25, -0.2) is 14.4 Å². The number of hydrogen-bond donors (Lipinski definition) is 1. The lowest BCUT2D eigenvalue weighted by atomic mass is 9.87. The van der Waals surface area contributed by atoms with E-state index in [1.807, 2.05) is 50.8 Å². The van der Waals surface area contributed by atoms with Crippen molar-refractivity contribution in [2.75, 3.05) is 39.5 Å². The summed E-state index contributed by atoms with van der Waals surface area (Å²) in [6, 6.07) is 15.6. The Kier molecular flexibility index (Phi) is 6.93. The van der Waals surface area contributed by atoms with Gasteiger partial charge in [0.2, 0.25) is 0 Å². The highest BCUT2D eigenvalue weighted by Gasteiger charge is 2.31. The van der Waals surface area contributed by atoms with Crippen LogP contribution >= 0.6 is 0 Å². The van der Waals surface area contributed by atoms with E-state index < -0.39 is 6.17 Å². The van der Waals surface area contributed by atoms with Crippen LogP contribution in [0.2, 0.25) is 0 Å². The SMILES string of the molecule is CNc1ccc(-c2ccnc3c2cc(CN2CC[C@H](c4ccc(C(=O)N(C)C)cc4)[C@H](F)C2)n3C)cn1. The molecule has 1 aromatic carbocycles. The van der Waals surface area contributed by atoms with E-state index in [9.17, 15) is 4.79 Å². The Labute approximate surface area is 216 Å². The van der Waals surface area contributed by atoms with Gasteiger partial charge < -0.3 is 14.8 Å². The number of benzene rings is 1. The summed E-state index contributed by atoms with van der Waals surface area (Å²) in [7, 11) is 7.33. The molecule has 1 fully saturated rings. The Balaban J connectivity index is 1.31. The van der Waals surface area contributed by atoms with Crippen LogP contribution in [0.5, 0.6) is 0 Å². The van der Waals surface area contributed by atoms with Crippen LogP contribution in [0.4, 0.5) is 10.2 Å². The number of nitrogens with one attached hydrogen (secondary N) is 1. The molecular formula is C29H33FN6O. The third-order valence-electron chi connectivity index (χ3n) is 7.36. The molecule has 1 N–H and O–H groups in total. The number of rotatable bonds is 6. The van der Waals surface area contributed by atoms with Gasteiger partial charge >= 0.3 is 0 Å². The summed E-state index contributed by atoms with van der Waals surface area (Å²) < 4.78 is 17.5. The van der Waals surface area contributed by atoms with Crippen molar-refractivity contribution in [3.63, 3.8) is 0 Å². The second-order valence-electron chi connectivity index (χ2n) is 9.94. The number of aromatic nitrogens is 3. The molecule has 3 aromatic heterocycles. The fourth-order valence-corrected chi connectivity index (χ4v) is 5.22. The number of carbonyl (C=O) groups excluding carboxylic acids is 1. The van der Waals surface area contributed by atoms with Crippen molar-refractivity contribution in [1.29, 1.82) is 0 Å². The van der Waals surface area contributed by atoms with Crippen LogP contribution in [-0.2, 0) is 13.6 Å². The fourth-order valence-electron chi connectivity index (χ4n) is 5.22. The Bertz CT molecular complexity index is 1400. The highest BCUT2D eigenvalue weighted by atomic mass is 19.1. The van der Waals surface area contributed by atoms with Gasteiger partial charge in [0.05, 0.1) is 0 Å². The predicted molar refractivity (Wildman–Crippen MR) is 145 cm³/mol. The highest BCUT2D eigenvalue weighted by Crippen LogP contribution is 2.33. The van der Waals surface area contributed by atoms with E-state index in [1.54, 1.807) is 31.1 Å². The second-order valence-corrected chi connectivity index (χ2v) is 9.94. The minimum Gasteiger partial charge on any atom is -0.373 e. The molecule has 0 unspecified atom stereocenters. The molecule has 8 heteroatoms. The van der Waals surface area contributed by atoms with Crippen LogP contribution in [0, 0.1) is 0 Å². The number of pyridine rings is 2. The molecule has 192 valence electrons. The summed E-state index contributed by atoms with van der Waals surface area (Å²) in [5.41, 5.74) is 5.71. The van der Waals surface area contributed by atoms with Crippen molar-refractivity contribution in [2.45, 2.75) is 25.1 Å². The largest absolute Gasteiger partial charge is 0.373 e. The monoisotopic (exact) mass is 500 g/mol. The number of hydrogen-bond acceptors (Lipinski definition) is 5. The van der Waals surface area contributed by atoms with Gasteiger partial charge in [-0.15, -0.1) is 0 Å². The summed E-state index contributed by atoms with van der Waals surface area (Å²) in [5.74, 6) is 0.621. The lowest BCUT2D eigenvalue weighted by Crippen LogP contribution is -2.40. The third kappa shape index (κ3) is 4.93. The van der Waals surface area contributed by atoms with E-state index in [-0.39, 0.29) is 11.8 Å². The molecule has 0 spiro atoms. The zero-order valence-corrected chi connectivity index (χ0v) is 21.8. The standard InChI is InChI=1S/C29H33FN6O/c1-31-27-10-9-21(16-33-27)23-11-13-32-28-25(23)15-22(35(28)4)17-36-14-12-24(26(30)18-36)19-5-7-20(8-6-19)29(37)34(2)3/h5-11,13,15-16,24,26H,12,14,17-18H2,1-4H3,(H,31,33)/t24-,26-/m1/s1. The number of piperidine rings is 1. The van der Waals surface area contributed by atoms with E-state index in [2.05, 4.69) is 36.9 Å². The molecule has 4 heterocycles. The normalized spacial score (nSPS) is 18.2. The van der Waals surface area contributed by atoms with Gasteiger partial charge in [0.1, 0.15) is 17.6 Å². The minimum absolute atomic E-state index is 0.0444. The summed E-state index contributed by atoms with van der Waals surface area (Å²) >= 11 is 0. The topological polar surface area (TPSA) is 66.3 Å². The van der Waals surface area contributed by atoms with Crippen molar-refractivity contribution in [1.82, 2.24) is 24.3 Å². The molecule has 0 aliphatic carbocycles. The maximum atomic E-state index is 15.4. The average Bonchev–Trinajstić information content (AvgIpc) is 3.23. The molecule has 1 saturated heterocycles. The minimum atomic E-state index is -0.968. The zero-order valence-electron chi connectivity index (χ0n) is 21.8. The number of carbonyl (C=O) groups is 1. The zero-order chi connectivity index (χ0) is 26.1. The number of halogens is 1. The third-order valence-corrected chi connectivity index (χ3v) is 7.36. The molecule has 1 aliphatic rings. The van der Waals surface area contributed by atoms with E-state index in [4.69, 9.17) is 0 Å². The van der Waals surface area contributed by atoms with Gasteiger partial charge in [0.25, 0.3) is 5.91 Å². The van der Waals surface area contributed by atoms with E-state index in [0.717, 1.165) is 52.2 Å². The number of anilines is 1. The first-order chi connectivity index (χ1) is 17.9. The van der Waals surface area contributed by atoms with Crippen molar-refractivity contribution in [3.05, 3.63) is 77.7 Å². The first-order valence-corrected chi connectivity index (χ1v) is 12.6. The van der Waals surface area contributed by atoms with Crippen molar-refractivity contribution in [2.24, 2.45) is 7.05 Å². The van der Waals surface area contributed by atoms with Gasteiger partial charge in [-0.1, -0.05) is 12.1 Å². The lowest BCUT2D eigenvalue weighted by molar-refractivity contribution is 0.0827. The fraction of sp³-hybridized carbons (Fsp3) is 0.345. The maximum absolute atomic E-state index is 15.4. The first kappa shape index (κ1) is 24.9. The van der Waals surface area contributed by atoms with Gasteiger partial charge in [-0.05, 0) is 60.5 Å². The molecule has 0 radical (unpaired) electrons. The highest BCUT2D eigenvalue weighted by molar-refractivity contribution is 5.94. The van der Waals surface area contributed by atoms with Crippen molar-refractivity contribution >= 4 is 22.8 Å². The summed E-state index contributed by atoms with van der Waals surface area (Å²) in [4.78, 5) is 25.0. The molecule has 37 heavy (non-hydrogen) atoms. The van der Waals surface area contributed by atoms with Crippen molar-refractivity contribution in [3.8, 4) is 11.1 Å². The maximum Gasteiger partial charge on any atom is 0.253 e. The number of alkyl halides is 1. The van der Waals surface area contributed by atoms with E-state index in [1.165, 1.54) is 0 Å². The Morgan fingerprint density at radius 2 is 1.92 bits per heavy atom. The number of likely N-dealkylation sites (tertiary alicyclic amines) is 1. The predicted octanol–water partition coefficient (Wildman–Crippen LogP) is 4.71. The van der Waals surface area contributed by atoms with Crippen LogP contribution in [0.1, 0.15) is 34.0 Å². The van der Waals surface area contributed by atoms with E-state index in [0.29, 0.717) is 18.7 Å². The molecule has 1 aliphatic heterocycles. The summed E-state index contributed by atoms with van der Waals surface area (Å²) in [6.45, 7) is 1.84. The summed E-state index contributed by atoms with van der Waals surface area (Å²) in [5, 5.41) is 4.12. The van der Waals surface area contributed by atoms with E-state index >= 15 is 4.39 Å².